The molecule has 7 heteroatoms. The van der Waals surface area contributed by atoms with Crippen LogP contribution < -0.4 is 5.32 Å². The van der Waals surface area contributed by atoms with Crippen LogP contribution in [0.25, 0.3) is 0 Å². The first-order chi connectivity index (χ1) is 10.5. The minimum atomic E-state index is -0.251. The Balaban J connectivity index is 2.07. The van der Waals surface area contributed by atoms with Gasteiger partial charge in [0.05, 0.1) is 13.2 Å². The van der Waals surface area contributed by atoms with Gasteiger partial charge in [0.15, 0.2) is 0 Å². The molecule has 7 nitrogen and oxygen atoms in total. The van der Waals surface area contributed by atoms with E-state index in [1.165, 1.54) is 4.90 Å². The number of nitrogens with one attached hydrogen (secondary N) is 1. The number of aliphatic hydroxyl groups excluding tert-OH is 1. The number of nitrogens with zero attached hydrogens (tertiary/aromatic N) is 4. The topological polar surface area (TPSA) is 83.3 Å². The Labute approximate surface area is 129 Å². The van der Waals surface area contributed by atoms with Crippen LogP contribution in [0.4, 0.5) is 10.5 Å². The van der Waals surface area contributed by atoms with Gasteiger partial charge in [0.25, 0.3) is 0 Å². The third kappa shape index (κ3) is 4.05. The number of carbonyl (C=O) groups is 1. The van der Waals surface area contributed by atoms with Crippen LogP contribution in [-0.2, 0) is 6.54 Å². The molecular formula is C15H21N5O2. The number of anilines is 1. The number of amides is 2. The number of benzene rings is 1. The van der Waals surface area contributed by atoms with E-state index in [1.54, 1.807) is 7.05 Å². The molecule has 0 saturated carbocycles. The molecule has 2 amide bonds. The van der Waals surface area contributed by atoms with E-state index in [1.807, 2.05) is 42.8 Å². The molecule has 0 bridgehead atoms. The normalized spacial score (nSPS) is 10.5. The first-order valence-corrected chi connectivity index (χ1v) is 7.09. The Bertz CT molecular complexity index is 653. The van der Waals surface area contributed by atoms with Crippen LogP contribution in [-0.4, -0.2) is 51.0 Å². The number of aromatic nitrogens is 3. The first-order valence-electron chi connectivity index (χ1n) is 7.09. The van der Waals surface area contributed by atoms with Crippen LogP contribution in [0, 0.1) is 13.8 Å². The molecular weight excluding hydrogens is 282 g/mol. The standard InChI is InChI=1S/C15H21N5O2/c1-11-16-12(2)20(18-11)10-13-5-4-6-14(9-13)17-15(22)19(3)7-8-21/h4-6,9,21H,7-8,10H2,1-3H3,(H,17,22). The summed E-state index contributed by atoms with van der Waals surface area (Å²) in [6, 6.07) is 7.34. The lowest BCUT2D eigenvalue weighted by Crippen LogP contribution is -2.33. The van der Waals surface area contributed by atoms with Crippen LogP contribution in [0.15, 0.2) is 24.3 Å². The van der Waals surface area contributed by atoms with Crippen LogP contribution >= 0.6 is 0 Å². The van der Waals surface area contributed by atoms with Crippen molar-refractivity contribution in [1.82, 2.24) is 19.7 Å². The van der Waals surface area contributed by atoms with Crippen molar-refractivity contribution in [3.05, 3.63) is 41.5 Å². The van der Waals surface area contributed by atoms with E-state index in [9.17, 15) is 4.79 Å². The van der Waals surface area contributed by atoms with Crippen molar-refractivity contribution in [2.75, 3.05) is 25.5 Å². The highest BCUT2D eigenvalue weighted by molar-refractivity contribution is 5.89. The van der Waals surface area contributed by atoms with Crippen molar-refractivity contribution in [3.63, 3.8) is 0 Å². The number of aryl methyl sites for hydroxylation is 2. The fourth-order valence-corrected chi connectivity index (χ4v) is 2.10. The van der Waals surface area contributed by atoms with Crippen molar-refractivity contribution in [3.8, 4) is 0 Å². The number of likely N-dealkylation sites (N-methyl/N-ethyl adjacent to an activating group) is 1. The number of rotatable bonds is 5. The van der Waals surface area contributed by atoms with Gasteiger partial charge < -0.3 is 15.3 Å². The maximum atomic E-state index is 11.9. The zero-order valence-corrected chi connectivity index (χ0v) is 13.1. The second kappa shape index (κ2) is 7.04. The second-order valence-electron chi connectivity index (χ2n) is 5.14. The minimum absolute atomic E-state index is 0.0606. The molecule has 0 saturated heterocycles. The fourth-order valence-electron chi connectivity index (χ4n) is 2.10. The predicted octanol–water partition coefficient (Wildman–Crippen LogP) is 1.40. The molecule has 2 N–H and O–H groups in total. The predicted molar refractivity (Wildman–Crippen MR) is 83.8 cm³/mol. The summed E-state index contributed by atoms with van der Waals surface area (Å²) in [5.74, 6) is 1.60. The van der Waals surface area contributed by atoms with Gasteiger partial charge in [-0.3, -0.25) is 0 Å². The largest absolute Gasteiger partial charge is 0.395 e. The fraction of sp³-hybridized carbons (Fsp3) is 0.400. The Hall–Kier alpha value is -2.41. The van der Waals surface area contributed by atoms with Gasteiger partial charge in [-0.25, -0.2) is 14.5 Å². The molecule has 1 heterocycles. The molecule has 1 aromatic heterocycles. The lowest BCUT2D eigenvalue weighted by atomic mass is 10.2. The maximum absolute atomic E-state index is 11.9. The van der Waals surface area contributed by atoms with Crippen LogP contribution in [0.3, 0.4) is 0 Å². The molecule has 2 rings (SSSR count). The highest BCUT2D eigenvalue weighted by Crippen LogP contribution is 2.13. The van der Waals surface area contributed by atoms with Crippen LogP contribution in [0.1, 0.15) is 17.2 Å². The SMILES string of the molecule is Cc1nc(C)n(Cc2cccc(NC(=O)N(C)CCO)c2)n1. The smallest absolute Gasteiger partial charge is 0.321 e. The molecule has 0 unspecified atom stereocenters. The molecule has 118 valence electrons. The average Bonchev–Trinajstić information content (AvgIpc) is 2.77. The quantitative estimate of drug-likeness (QED) is 0.874. The molecule has 0 fully saturated rings. The van der Waals surface area contributed by atoms with E-state index in [4.69, 9.17) is 5.11 Å². The van der Waals surface area contributed by atoms with E-state index in [2.05, 4.69) is 15.4 Å². The van der Waals surface area contributed by atoms with Gasteiger partial charge in [0, 0.05) is 19.3 Å². The highest BCUT2D eigenvalue weighted by atomic mass is 16.3. The highest BCUT2D eigenvalue weighted by Gasteiger charge is 2.09. The summed E-state index contributed by atoms with van der Waals surface area (Å²) in [6.07, 6.45) is 0. The Morgan fingerprint density at radius 2 is 2.18 bits per heavy atom. The summed E-state index contributed by atoms with van der Waals surface area (Å²) in [7, 11) is 1.64. The second-order valence-corrected chi connectivity index (χ2v) is 5.14. The Kier molecular flexibility index (Phi) is 5.11. The van der Waals surface area contributed by atoms with Crippen LogP contribution in [0.5, 0.6) is 0 Å². The lowest BCUT2D eigenvalue weighted by molar-refractivity contribution is 0.202. The van der Waals surface area contributed by atoms with E-state index < -0.39 is 0 Å². The lowest BCUT2D eigenvalue weighted by Gasteiger charge is -2.17. The van der Waals surface area contributed by atoms with Crippen molar-refractivity contribution >= 4 is 11.7 Å². The number of aliphatic hydroxyl groups is 1. The van der Waals surface area contributed by atoms with Gasteiger partial charge in [0.1, 0.15) is 11.6 Å². The van der Waals surface area contributed by atoms with Crippen LogP contribution in [0.2, 0.25) is 0 Å². The molecule has 0 radical (unpaired) electrons. The van der Waals surface area contributed by atoms with Gasteiger partial charge in [-0.05, 0) is 31.5 Å². The minimum Gasteiger partial charge on any atom is -0.395 e. The number of urea groups is 1. The Morgan fingerprint density at radius 3 is 2.82 bits per heavy atom. The molecule has 0 aliphatic heterocycles. The monoisotopic (exact) mass is 303 g/mol. The molecule has 0 aliphatic carbocycles. The van der Waals surface area contributed by atoms with Gasteiger partial charge >= 0.3 is 6.03 Å². The van der Waals surface area contributed by atoms with E-state index in [0.717, 1.165) is 17.2 Å². The molecule has 1 aromatic carbocycles. The van der Waals surface area contributed by atoms with E-state index in [-0.39, 0.29) is 12.6 Å². The third-order valence-electron chi connectivity index (χ3n) is 3.26. The summed E-state index contributed by atoms with van der Waals surface area (Å²) in [5.41, 5.74) is 1.73. The van der Waals surface area contributed by atoms with Gasteiger partial charge in [-0.15, -0.1) is 0 Å². The van der Waals surface area contributed by atoms with Crippen molar-refractivity contribution in [1.29, 1.82) is 0 Å². The zero-order valence-electron chi connectivity index (χ0n) is 13.1. The summed E-state index contributed by atoms with van der Waals surface area (Å²) < 4.78 is 1.83. The number of hydrogen-bond donors (Lipinski definition) is 2. The van der Waals surface area contributed by atoms with Crippen molar-refractivity contribution in [2.45, 2.75) is 20.4 Å². The molecule has 22 heavy (non-hydrogen) atoms. The van der Waals surface area contributed by atoms with Crippen molar-refractivity contribution in [2.24, 2.45) is 0 Å². The van der Waals surface area contributed by atoms with Gasteiger partial charge in [-0.2, -0.15) is 5.10 Å². The van der Waals surface area contributed by atoms with Gasteiger partial charge in [0.2, 0.25) is 0 Å². The molecule has 0 spiro atoms. The maximum Gasteiger partial charge on any atom is 0.321 e. The van der Waals surface area contributed by atoms with E-state index >= 15 is 0 Å². The van der Waals surface area contributed by atoms with Crippen molar-refractivity contribution < 1.29 is 9.90 Å². The number of carbonyl (C=O) groups excluding carboxylic acids is 1. The first kappa shape index (κ1) is 16.0. The molecule has 0 atom stereocenters. The summed E-state index contributed by atoms with van der Waals surface area (Å²) in [5, 5.41) is 16.0. The molecule has 2 aromatic rings. The summed E-state index contributed by atoms with van der Waals surface area (Å²) in [6.45, 7) is 4.60. The molecule has 0 aliphatic rings. The third-order valence-corrected chi connectivity index (χ3v) is 3.26. The Morgan fingerprint density at radius 1 is 1.41 bits per heavy atom. The zero-order chi connectivity index (χ0) is 16.1. The number of hydrogen-bond acceptors (Lipinski definition) is 4. The summed E-state index contributed by atoms with van der Waals surface area (Å²) >= 11 is 0. The van der Waals surface area contributed by atoms with E-state index in [0.29, 0.717) is 18.8 Å². The average molecular weight is 303 g/mol. The summed E-state index contributed by atoms with van der Waals surface area (Å²) in [4.78, 5) is 17.6. The van der Waals surface area contributed by atoms with Gasteiger partial charge in [-0.1, -0.05) is 12.1 Å².